The molecule has 0 aromatic carbocycles. The third kappa shape index (κ3) is 3.25. The van der Waals surface area contributed by atoms with E-state index in [4.69, 9.17) is 4.74 Å². The Bertz CT molecular complexity index is 846. The van der Waals surface area contributed by atoms with Crippen molar-refractivity contribution < 1.29 is 27.8 Å². The van der Waals surface area contributed by atoms with Crippen LogP contribution in [0.2, 0.25) is 0 Å². The summed E-state index contributed by atoms with van der Waals surface area (Å²) in [5.41, 5.74) is -2.06. The molecule has 0 aliphatic carbocycles. The predicted octanol–water partition coefficient (Wildman–Crippen LogP) is 2.03. The normalized spacial score (nSPS) is 19.4. The molecule has 146 valence electrons. The Morgan fingerprint density at radius 3 is 2.59 bits per heavy atom. The highest BCUT2D eigenvalue weighted by atomic mass is 19.4. The molecule has 2 atom stereocenters. The molecule has 0 fully saturated rings. The first kappa shape index (κ1) is 19.2. The van der Waals surface area contributed by atoms with Crippen LogP contribution in [0.25, 0.3) is 5.82 Å². The summed E-state index contributed by atoms with van der Waals surface area (Å²) >= 11 is 0. The summed E-state index contributed by atoms with van der Waals surface area (Å²) in [5, 5.41) is 13.9. The number of ether oxygens (including phenoxy) is 1. The maximum atomic E-state index is 13.0. The van der Waals surface area contributed by atoms with Crippen LogP contribution in [0.5, 0.6) is 5.75 Å². The Labute approximate surface area is 153 Å². The molecule has 1 aliphatic heterocycles. The first-order chi connectivity index (χ1) is 12.6. The van der Waals surface area contributed by atoms with Crippen molar-refractivity contribution in [3.05, 3.63) is 35.8 Å². The molecule has 2 aromatic heterocycles. The number of aliphatic hydroxyl groups is 1. The number of nitrogens with zero attached hydrogens (tertiary/aromatic N) is 4. The maximum Gasteiger partial charge on any atom is 0.426 e. The van der Waals surface area contributed by atoms with Crippen LogP contribution in [0, 0.1) is 0 Å². The average molecular weight is 384 g/mol. The van der Waals surface area contributed by atoms with Crippen LogP contribution in [-0.4, -0.2) is 56.1 Å². The molecule has 27 heavy (non-hydrogen) atoms. The van der Waals surface area contributed by atoms with Gasteiger partial charge in [0, 0.05) is 24.6 Å². The third-order valence-corrected chi connectivity index (χ3v) is 4.64. The SMILES string of the molecule is COc1ccc(-n2ncc3c2[C@@H](C)CN(C(=O)[C@@](C)(O)C(F)(F)F)C3)nc1. The standard InChI is InChI=1S/C17H19F3N4O3/c1-10-8-23(15(25)16(2,26)17(18,19)20)9-11-6-22-24(14(10)11)13-5-4-12(27-3)7-21-13/h4-7,10,26H,8-9H2,1-3H3/t10-,16+/m0/s1. The van der Waals surface area contributed by atoms with Gasteiger partial charge in [-0.25, -0.2) is 9.67 Å². The minimum absolute atomic E-state index is 0.0277. The fraction of sp³-hybridized carbons (Fsp3) is 0.471. The summed E-state index contributed by atoms with van der Waals surface area (Å²) in [7, 11) is 1.52. The van der Waals surface area contributed by atoms with Crippen molar-refractivity contribution in [1.29, 1.82) is 0 Å². The van der Waals surface area contributed by atoms with Crippen molar-refractivity contribution in [2.75, 3.05) is 13.7 Å². The number of amides is 1. The highest BCUT2D eigenvalue weighted by Gasteiger charge is 2.57. The van der Waals surface area contributed by atoms with Crippen LogP contribution in [0.4, 0.5) is 13.2 Å². The van der Waals surface area contributed by atoms with Gasteiger partial charge in [0.15, 0.2) is 5.82 Å². The second-order valence-electron chi connectivity index (χ2n) is 6.68. The van der Waals surface area contributed by atoms with Crippen molar-refractivity contribution in [3.63, 3.8) is 0 Å². The van der Waals surface area contributed by atoms with Crippen LogP contribution >= 0.6 is 0 Å². The van der Waals surface area contributed by atoms with Crippen LogP contribution in [-0.2, 0) is 11.3 Å². The second kappa shape index (κ2) is 6.52. The fourth-order valence-electron chi connectivity index (χ4n) is 3.11. The molecule has 0 spiro atoms. The third-order valence-electron chi connectivity index (χ3n) is 4.64. The summed E-state index contributed by atoms with van der Waals surface area (Å²) in [6, 6.07) is 3.44. The number of alkyl halides is 3. The molecule has 0 bridgehead atoms. The van der Waals surface area contributed by atoms with Crippen molar-refractivity contribution in [3.8, 4) is 11.6 Å². The monoisotopic (exact) mass is 384 g/mol. The van der Waals surface area contributed by atoms with Crippen LogP contribution < -0.4 is 4.74 Å². The zero-order chi connectivity index (χ0) is 20.0. The molecule has 0 radical (unpaired) electrons. The van der Waals surface area contributed by atoms with Gasteiger partial charge in [0.2, 0.25) is 5.60 Å². The molecule has 1 aliphatic rings. The zero-order valence-electron chi connectivity index (χ0n) is 15.0. The van der Waals surface area contributed by atoms with E-state index < -0.39 is 17.7 Å². The fourth-order valence-corrected chi connectivity index (χ4v) is 3.11. The zero-order valence-corrected chi connectivity index (χ0v) is 15.0. The Hall–Kier alpha value is -2.62. The average Bonchev–Trinajstić information content (AvgIpc) is 3.04. The summed E-state index contributed by atoms with van der Waals surface area (Å²) in [5.74, 6) is -0.555. The molecular formula is C17H19F3N4O3. The minimum Gasteiger partial charge on any atom is -0.495 e. The number of rotatable bonds is 3. The predicted molar refractivity (Wildman–Crippen MR) is 88.4 cm³/mol. The van der Waals surface area contributed by atoms with Gasteiger partial charge >= 0.3 is 6.18 Å². The molecule has 3 rings (SSSR count). The molecule has 0 saturated heterocycles. The molecule has 2 aromatic rings. The molecule has 7 nitrogen and oxygen atoms in total. The van der Waals surface area contributed by atoms with Gasteiger partial charge in [-0.05, 0) is 19.1 Å². The topological polar surface area (TPSA) is 80.5 Å². The van der Waals surface area contributed by atoms with Gasteiger partial charge in [0.25, 0.3) is 5.91 Å². The second-order valence-corrected chi connectivity index (χ2v) is 6.68. The van der Waals surface area contributed by atoms with Gasteiger partial charge in [0.1, 0.15) is 5.75 Å². The van der Waals surface area contributed by atoms with E-state index in [1.807, 2.05) is 0 Å². The van der Waals surface area contributed by atoms with E-state index in [9.17, 15) is 23.1 Å². The molecule has 3 heterocycles. The van der Waals surface area contributed by atoms with Crippen molar-refractivity contribution in [2.24, 2.45) is 0 Å². The van der Waals surface area contributed by atoms with E-state index in [-0.39, 0.29) is 19.0 Å². The summed E-state index contributed by atoms with van der Waals surface area (Å²) in [6.45, 7) is 2.21. The van der Waals surface area contributed by atoms with Gasteiger partial charge in [-0.2, -0.15) is 18.3 Å². The van der Waals surface area contributed by atoms with Crippen LogP contribution in [0.1, 0.15) is 31.0 Å². The lowest BCUT2D eigenvalue weighted by atomic mass is 9.95. The van der Waals surface area contributed by atoms with E-state index in [1.165, 1.54) is 19.5 Å². The van der Waals surface area contributed by atoms with Crippen molar-refractivity contribution in [1.82, 2.24) is 19.7 Å². The van der Waals surface area contributed by atoms with E-state index in [0.717, 1.165) is 10.6 Å². The van der Waals surface area contributed by atoms with Crippen LogP contribution in [0.15, 0.2) is 24.5 Å². The van der Waals surface area contributed by atoms with E-state index in [1.54, 1.807) is 23.7 Å². The summed E-state index contributed by atoms with van der Waals surface area (Å²) in [6.07, 6.45) is -2.02. The minimum atomic E-state index is -5.05. The molecular weight excluding hydrogens is 365 g/mol. The molecule has 1 amide bonds. The first-order valence-corrected chi connectivity index (χ1v) is 8.22. The summed E-state index contributed by atoms with van der Waals surface area (Å²) < 4.78 is 45.6. The smallest absolute Gasteiger partial charge is 0.426 e. The van der Waals surface area contributed by atoms with Gasteiger partial charge in [0.05, 0.1) is 25.2 Å². The Balaban J connectivity index is 1.89. The highest BCUT2D eigenvalue weighted by molar-refractivity contribution is 5.85. The number of halogens is 3. The number of hydrogen-bond acceptors (Lipinski definition) is 5. The maximum absolute atomic E-state index is 13.0. The highest BCUT2D eigenvalue weighted by Crippen LogP contribution is 2.35. The molecule has 0 unspecified atom stereocenters. The molecule has 1 N–H and O–H groups in total. The Morgan fingerprint density at radius 1 is 1.33 bits per heavy atom. The quantitative estimate of drug-likeness (QED) is 0.876. The molecule has 10 heteroatoms. The lowest BCUT2D eigenvalue weighted by molar-refractivity contribution is -0.250. The summed E-state index contributed by atoms with van der Waals surface area (Å²) in [4.78, 5) is 17.5. The number of pyridine rings is 1. The van der Waals surface area contributed by atoms with Crippen molar-refractivity contribution in [2.45, 2.75) is 38.1 Å². The van der Waals surface area contributed by atoms with Gasteiger partial charge in [-0.3, -0.25) is 4.79 Å². The van der Waals surface area contributed by atoms with Crippen molar-refractivity contribution >= 4 is 5.91 Å². The van der Waals surface area contributed by atoms with Crippen LogP contribution in [0.3, 0.4) is 0 Å². The largest absolute Gasteiger partial charge is 0.495 e. The first-order valence-electron chi connectivity index (χ1n) is 8.22. The number of hydrogen-bond donors (Lipinski definition) is 1. The molecule has 0 saturated carbocycles. The lowest BCUT2D eigenvalue weighted by Crippen LogP contribution is -2.57. The van der Waals surface area contributed by atoms with E-state index >= 15 is 0 Å². The van der Waals surface area contributed by atoms with Gasteiger partial charge in [-0.15, -0.1) is 0 Å². The van der Waals surface area contributed by atoms with Gasteiger partial charge < -0.3 is 14.7 Å². The Kier molecular flexibility index (Phi) is 4.62. The number of carbonyl (C=O) groups excluding carboxylic acids is 1. The van der Waals surface area contributed by atoms with E-state index in [0.29, 0.717) is 24.1 Å². The van der Waals surface area contributed by atoms with E-state index in [2.05, 4.69) is 10.1 Å². The number of methoxy groups -OCH3 is 1. The lowest BCUT2D eigenvalue weighted by Gasteiger charge is -2.36. The number of aromatic nitrogens is 3. The number of fused-ring (bicyclic) bond motifs is 1. The Morgan fingerprint density at radius 2 is 2.04 bits per heavy atom. The number of carbonyl (C=O) groups is 1. The van der Waals surface area contributed by atoms with Gasteiger partial charge in [-0.1, -0.05) is 6.92 Å².